The molecule has 0 aliphatic rings. The van der Waals surface area contributed by atoms with Crippen molar-refractivity contribution >= 4 is 17.0 Å². The summed E-state index contributed by atoms with van der Waals surface area (Å²) < 4.78 is 10.7. The predicted molar refractivity (Wildman–Crippen MR) is 87.4 cm³/mol. The molecule has 1 heterocycles. The number of aromatic nitrogens is 1. The molecule has 1 N–H and O–H groups in total. The highest BCUT2D eigenvalue weighted by atomic mass is 16.5. The molecule has 3 aromatic rings. The van der Waals surface area contributed by atoms with Crippen LogP contribution in [0.25, 0.3) is 11.1 Å². The van der Waals surface area contributed by atoms with Gasteiger partial charge in [-0.3, -0.25) is 4.79 Å². The molecule has 3 rings (SSSR count). The fourth-order valence-electron chi connectivity index (χ4n) is 2.31. The van der Waals surface area contributed by atoms with E-state index in [1.54, 1.807) is 0 Å². The summed E-state index contributed by atoms with van der Waals surface area (Å²) >= 11 is 0. The van der Waals surface area contributed by atoms with Gasteiger partial charge >= 0.3 is 0 Å². The third-order valence-corrected chi connectivity index (χ3v) is 3.49. The zero-order valence-corrected chi connectivity index (χ0v) is 12.9. The van der Waals surface area contributed by atoms with E-state index in [2.05, 4.69) is 10.3 Å². The minimum atomic E-state index is -0.132. The summed E-state index contributed by atoms with van der Waals surface area (Å²) in [6, 6.07) is 13.5. The highest BCUT2D eigenvalue weighted by molar-refractivity contribution is 5.77. The predicted octanol–water partition coefficient (Wildman–Crippen LogP) is 2.87. The van der Waals surface area contributed by atoms with Crippen LogP contribution in [0.4, 0.5) is 0 Å². The Bertz CT molecular complexity index is 811. The van der Waals surface area contributed by atoms with Crippen molar-refractivity contribution in [2.75, 3.05) is 13.2 Å². The maximum atomic E-state index is 11.8. The first kappa shape index (κ1) is 15.1. The van der Waals surface area contributed by atoms with Crippen LogP contribution in [0.1, 0.15) is 11.1 Å². The molecule has 5 heteroatoms. The summed E-state index contributed by atoms with van der Waals surface area (Å²) in [5.74, 6) is 0.572. The monoisotopic (exact) mass is 310 g/mol. The number of nitrogens with one attached hydrogen (secondary N) is 1. The van der Waals surface area contributed by atoms with E-state index in [9.17, 15) is 4.79 Å². The molecule has 0 saturated heterocycles. The average molecular weight is 310 g/mol. The topological polar surface area (TPSA) is 64.4 Å². The van der Waals surface area contributed by atoms with Crippen molar-refractivity contribution in [2.45, 2.75) is 13.3 Å². The first-order chi connectivity index (χ1) is 11.2. The molecule has 0 fully saturated rings. The smallest absolute Gasteiger partial charge is 0.257 e. The third kappa shape index (κ3) is 4.10. The van der Waals surface area contributed by atoms with Crippen molar-refractivity contribution in [1.29, 1.82) is 0 Å². The van der Waals surface area contributed by atoms with E-state index in [0.29, 0.717) is 12.3 Å². The van der Waals surface area contributed by atoms with Crippen LogP contribution in [0.2, 0.25) is 0 Å². The maximum Gasteiger partial charge on any atom is 0.257 e. The van der Waals surface area contributed by atoms with Gasteiger partial charge in [0, 0.05) is 6.54 Å². The summed E-state index contributed by atoms with van der Waals surface area (Å²) in [4.78, 5) is 15.9. The minimum Gasteiger partial charge on any atom is -0.484 e. The first-order valence-corrected chi connectivity index (χ1v) is 7.49. The summed E-state index contributed by atoms with van der Waals surface area (Å²) in [5.41, 5.74) is 3.79. The summed E-state index contributed by atoms with van der Waals surface area (Å²) in [7, 11) is 0. The molecule has 1 aromatic heterocycles. The Morgan fingerprint density at radius 1 is 1.26 bits per heavy atom. The number of benzene rings is 2. The van der Waals surface area contributed by atoms with Gasteiger partial charge in [-0.1, -0.05) is 18.2 Å². The van der Waals surface area contributed by atoms with Gasteiger partial charge in [0.15, 0.2) is 18.6 Å². The maximum absolute atomic E-state index is 11.8. The Balaban J connectivity index is 1.43. The number of aryl methyl sites for hydroxylation is 1. The molecular formula is C18H18N2O3. The van der Waals surface area contributed by atoms with Crippen LogP contribution in [0.15, 0.2) is 53.3 Å². The largest absolute Gasteiger partial charge is 0.484 e. The molecule has 0 atom stereocenters. The van der Waals surface area contributed by atoms with Crippen molar-refractivity contribution in [2.24, 2.45) is 0 Å². The summed E-state index contributed by atoms with van der Waals surface area (Å²) in [6.45, 7) is 2.55. The van der Waals surface area contributed by atoms with Gasteiger partial charge < -0.3 is 14.5 Å². The molecule has 0 spiro atoms. The van der Waals surface area contributed by atoms with Crippen molar-refractivity contribution in [3.63, 3.8) is 0 Å². The number of hydrogen-bond donors (Lipinski definition) is 1. The van der Waals surface area contributed by atoms with Gasteiger partial charge in [-0.15, -0.1) is 0 Å². The van der Waals surface area contributed by atoms with E-state index < -0.39 is 0 Å². The van der Waals surface area contributed by atoms with Crippen LogP contribution in [-0.2, 0) is 11.2 Å². The fourth-order valence-corrected chi connectivity index (χ4v) is 2.31. The fraction of sp³-hybridized carbons (Fsp3) is 0.222. The lowest BCUT2D eigenvalue weighted by Crippen LogP contribution is -2.30. The first-order valence-electron chi connectivity index (χ1n) is 7.49. The van der Waals surface area contributed by atoms with Crippen LogP contribution in [-0.4, -0.2) is 24.0 Å². The van der Waals surface area contributed by atoms with E-state index in [-0.39, 0.29) is 12.5 Å². The Morgan fingerprint density at radius 2 is 2.17 bits per heavy atom. The third-order valence-electron chi connectivity index (χ3n) is 3.49. The highest BCUT2D eigenvalue weighted by Gasteiger charge is 2.04. The van der Waals surface area contributed by atoms with E-state index in [1.807, 2.05) is 49.4 Å². The number of hydrogen-bond acceptors (Lipinski definition) is 4. The van der Waals surface area contributed by atoms with Crippen LogP contribution in [0.5, 0.6) is 5.75 Å². The molecule has 118 valence electrons. The van der Waals surface area contributed by atoms with Gasteiger partial charge in [-0.25, -0.2) is 4.98 Å². The van der Waals surface area contributed by atoms with E-state index in [1.165, 1.54) is 6.39 Å². The quantitative estimate of drug-likeness (QED) is 0.760. The average Bonchev–Trinajstić information content (AvgIpc) is 3.01. The number of carbonyl (C=O) groups is 1. The number of oxazole rings is 1. The molecule has 0 bridgehead atoms. The van der Waals surface area contributed by atoms with Crippen molar-refractivity contribution in [3.05, 3.63) is 60.0 Å². The van der Waals surface area contributed by atoms with Crippen LogP contribution in [0, 0.1) is 6.92 Å². The number of ether oxygens (including phenoxy) is 1. The molecule has 0 unspecified atom stereocenters. The molecule has 1 amide bonds. The van der Waals surface area contributed by atoms with Crippen LogP contribution < -0.4 is 10.1 Å². The van der Waals surface area contributed by atoms with E-state index in [0.717, 1.165) is 28.6 Å². The van der Waals surface area contributed by atoms with Crippen molar-refractivity contribution < 1.29 is 13.9 Å². The van der Waals surface area contributed by atoms with Crippen LogP contribution >= 0.6 is 0 Å². The van der Waals surface area contributed by atoms with E-state index in [4.69, 9.17) is 9.15 Å². The molecule has 0 aliphatic heterocycles. The SMILES string of the molecule is Cc1cccc(OCC(=O)NCCc2ccc3ncoc3c2)c1. The molecule has 0 aliphatic carbocycles. The second-order valence-electron chi connectivity index (χ2n) is 5.36. The normalized spacial score (nSPS) is 10.7. The molecule has 2 aromatic carbocycles. The number of amides is 1. The number of nitrogens with zero attached hydrogens (tertiary/aromatic N) is 1. The van der Waals surface area contributed by atoms with Gasteiger partial charge in [0.25, 0.3) is 5.91 Å². The second-order valence-corrected chi connectivity index (χ2v) is 5.36. The number of carbonyl (C=O) groups excluding carboxylic acids is 1. The molecule has 5 nitrogen and oxygen atoms in total. The highest BCUT2D eigenvalue weighted by Crippen LogP contribution is 2.14. The number of rotatable bonds is 6. The Kier molecular flexibility index (Phi) is 4.57. The molecule has 23 heavy (non-hydrogen) atoms. The van der Waals surface area contributed by atoms with Gasteiger partial charge in [0.05, 0.1) is 0 Å². The minimum absolute atomic E-state index is 0.0184. The lowest BCUT2D eigenvalue weighted by atomic mass is 10.1. The zero-order chi connectivity index (χ0) is 16.1. The zero-order valence-electron chi connectivity index (χ0n) is 12.9. The lowest BCUT2D eigenvalue weighted by molar-refractivity contribution is -0.123. The summed E-state index contributed by atoms with van der Waals surface area (Å²) in [5, 5.41) is 2.85. The second kappa shape index (κ2) is 6.96. The standard InChI is InChI=1S/C18H18N2O3/c1-13-3-2-4-15(9-13)22-11-18(21)19-8-7-14-5-6-16-17(10-14)23-12-20-16/h2-6,9-10,12H,7-8,11H2,1H3,(H,19,21). The van der Waals surface area contributed by atoms with Gasteiger partial charge in [-0.05, 0) is 48.7 Å². The van der Waals surface area contributed by atoms with E-state index >= 15 is 0 Å². The van der Waals surface area contributed by atoms with Gasteiger partial charge in [0.2, 0.25) is 0 Å². The molecule has 0 saturated carbocycles. The molecular weight excluding hydrogens is 292 g/mol. The van der Waals surface area contributed by atoms with Crippen molar-refractivity contribution in [3.8, 4) is 5.75 Å². The van der Waals surface area contributed by atoms with Gasteiger partial charge in [-0.2, -0.15) is 0 Å². The Hall–Kier alpha value is -2.82. The Labute approximate surface area is 134 Å². The van der Waals surface area contributed by atoms with Gasteiger partial charge in [0.1, 0.15) is 11.3 Å². The molecule has 0 radical (unpaired) electrons. The number of fused-ring (bicyclic) bond motifs is 1. The van der Waals surface area contributed by atoms with Crippen LogP contribution in [0.3, 0.4) is 0 Å². The Morgan fingerprint density at radius 3 is 3.04 bits per heavy atom. The summed E-state index contributed by atoms with van der Waals surface area (Å²) in [6.07, 6.45) is 2.16. The lowest BCUT2D eigenvalue weighted by Gasteiger charge is -2.08. The van der Waals surface area contributed by atoms with Crippen molar-refractivity contribution in [1.82, 2.24) is 10.3 Å².